The molecule has 1 N–H and O–H groups in total. The third kappa shape index (κ3) is 21.0. The number of thioether (sulfide) groups is 4. The lowest BCUT2D eigenvalue weighted by molar-refractivity contribution is -0.134. The summed E-state index contributed by atoms with van der Waals surface area (Å²) in [6, 6.07) is 3.43. The molecular formula is C36H58O4S6. The van der Waals surface area contributed by atoms with Gasteiger partial charge in [0.2, 0.25) is 0 Å². The lowest BCUT2D eigenvalue weighted by Crippen LogP contribution is -2.11. The highest BCUT2D eigenvalue weighted by molar-refractivity contribution is 8.48. The van der Waals surface area contributed by atoms with E-state index in [1.54, 1.807) is 36.5 Å². The van der Waals surface area contributed by atoms with Crippen molar-refractivity contribution >= 4 is 90.5 Å². The molecule has 0 amide bonds. The van der Waals surface area contributed by atoms with Crippen molar-refractivity contribution in [2.75, 3.05) is 0 Å². The summed E-state index contributed by atoms with van der Waals surface area (Å²) in [7, 11) is 0. The molecule has 0 aliphatic carbocycles. The molecule has 10 heteroatoms. The summed E-state index contributed by atoms with van der Waals surface area (Å²) in [5, 5.41) is 10.8. The van der Waals surface area contributed by atoms with Crippen molar-refractivity contribution in [2.45, 2.75) is 177 Å². The second-order valence-electron chi connectivity index (χ2n) is 12.0. The van der Waals surface area contributed by atoms with E-state index in [1.807, 2.05) is 6.07 Å². The van der Waals surface area contributed by atoms with Gasteiger partial charge < -0.3 is 9.84 Å². The standard InChI is InChI=1S/C36H58O4S6/c1-6-9-11-13-15-17-19-21-23-27(4)43-35(41)45-29-25-30(34(38)39)33(40-32(37)8-3)31(26-29)46-36(42)44-28(5)24-22-20-18-16-14-12-10-7-2/h25-28H,6-24H2,1-5H3,(H,38,39). The van der Waals surface area contributed by atoms with Crippen molar-refractivity contribution in [2.24, 2.45) is 0 Å². The number of ether oxygens (including phenoxy) is 1. The Morgan fingerprint density at radius 1 is 0.696 bits per heavy atom. The topological polar surface area (TPSA) is 63.6 Å². The minimum atomic E-state index is -1.15. The zero-order valence-corrected chi connectivity index (χ0v) is 33.8. The monoisotopic (exact) mass is 746 g/mol. The van der Waals surface area contributed by atoms with Crippen LogP contribution in [0.1, 0.15) is 167 Å². The molecule has 1 aromatic rings. The Morgan fingerprint density at radius 3 is 1.57 bits per heavy atom. The van der Waals surface area contributed by atoms with Gasteiger partial charge in [-0.2, -0.15) is 0 Å². The van der Waals surface area contributed by atoms with Gasteiger partial charge in [0.05, 0.1) is 4.90 Å². The average Bonchev–Trinajstić information content (AvgIpc) is 3.00. The number of esters is 1. The van der Waals surface area contributed by atoms with Gasteiger partial charge in [-0.1, -0.05) is 185 Å². The van der Waals surface area contributed by atoms with Crippen molar-refractivity contribution in [3.05, 3.63) is 17.7 Å². The number of hydrogen-bond acceptors (Lipinski definition) is 9. The zero-order chi connectivity index (χ0) is 34.2. The fourth-order valence-electron chi connectivity index (χ4n) is 4.97. The number of benzene rings is 1. The first-order valence-corrected chi connectivity index (χ1v) is 21.7. The molecule has 0 radical (unpaired) electrons. The first kappa shape index (κ1) is 43.8. The summed E-state index contributed by atoms with van der Waals surface area (Å²) >= 11 is 17.5. The van der Waals surface area contributed by atoms with Crippen LogP contribution in [0, 0.1) is 0 Å². The predicted octanol–water partition coefficient (Wildman–Crippen LogP) is 13.8. The van der Waals surface area contributed by atoms with E-state index in [4.69, 9.17) is 29.2 Å². The van der Waals surface area contributed by atoms with Crippen LogP contribution < -0.4 is 4.74 Å². The molecule has 0 aliphatic heterocycles. The Hall–Kier alpha value is -0.260. The lowest BCUT2D eigenvalue weighted by atomic mass is 10.1. The molecule has 0 aromatic heterocycles. The van der Waals surface area contributed by atoms with E-state index >= 15 is 0 Å². The maximum Gasteiger partial charge on any atom is 0.339 e. The molecular weight excluding hydrogens is 689 g/mol. The number of thiocarbonyl (C=S) groups is 2. The van der Waals surface area contributed by atoms with Gasteiger partial charge in [-0.25, -0.2) is 4.79 Å². The highest BCUT2D eigenvalue weighted by Crippen LogP contribution is 2.42. The molecule has 262 valence electrons. The summed E-state index contributed by atoms with van der Waals surface area (Å²) in [4.78, 5) is 25.9. The summed E-state index contributed by atoms with van der Waals surface area (Å²) in [5.74, 6) is -1.56. The van der Waals surface area contributed by atoms with Crippen molar-refractivity contribution in [3.8, 4) is 5.75 Å². The number of carbonyl (C=O) groups excluding carboxylic acids is 1. The number of carboxylic acids is 1. The quantitative estimate of drug-likeness (QED) is 0.0344. The molecule has 0 heterocycles. The van der Waals surface area contributed by atoms with Gasteiger partial charge >= 0.3 is 11.9 Å². The second kappa shape index (κ2) is 27.5. The summed E-state index contributed by atoms with van der Waals surface area (Å²) < 4.78 is 7.03. The number of unbranched alkanes of at least 4 members (excludes halogenated alkanes) is 14. The first-order chi connectivity index (χ1) is 22.1. The Morgan fingerprint density at radius 2 is 1.13 bits per heavy atom. The van der Waals surface area contributed by atoms with Gasteiger partial charge in [-0.3, -0.25) is 4.79 Å². The number of carbonyl (C=O) groups is 2. The van der Waals surface area contributed by atoms with Crippen LogP contribution in [-0.4, -0.2) is 34.6 Å². The van der Waals surface area contributed by atoms with Crippen LogP contribution in [0.3, 0.4) is 0 Å². The van der Waals surface area contributed by atoms with Gasteiger partial charge in [-0.15, -0.1) is 23.5 Å². The molecule has 0 saturated carbocycles. The fourth-order valence-corrected chi connectivity index (χ4v) is 10.9. The average molecular weight is 747 g/mol. The van der Waals surface area contributed by atoms with Crippen molar-refractivity contribution in [3.63, 3.8) is 0 Å². The minimum absolute atomic E-state index is 0.0473. The van der Waals surface area contributed by atoms with E-state index in [1.165, 1.54) is 126 Å². The number of aromatic carboxylic acids is 1. The molecule has 0 saturated heterocycles. The van der Waals surface area contributed by atoms with Crippen molar-refractivity contribution in [1.29, 1.82) is 0 Å². The maximum absolute atomic E-state index is 12.3. The predicted molar refractivity (Wildman–Crippen MR) is 215 cm³/mol. The van der Waals surface area contributed by atoms with Crippen LogP contribution in [0.2, 0.25) is 0 Å². The number of carboxylic acid groups (broad SMARTS) is 1. The van der Waals surface area contributed by atoms with Crippen LogP contribution >= 0.6 is 71.5 Å². The number of rotatable bonds is 25. The van der Waals surface area contributed by atoms with E-state index in [2.05, 4.69) is 27.7 Å². The Balaban J connectivity index is 2.79. The van der Waals surface area contributed by atoms with Crippen molar-refractivity contribution < 1.29 is 19.4 Å². The molecule has 1 aromatic carbocycles. The smallest absolute Gasteiger partial charge is 0.339 e. The highest BCUT2D eigenvalue weighted by atomic mass is 32.2. The van der Waals surface area contributed by atoms with Crippen LogP contribution in [0.5, 0.6) is 5.75 Å². The third-order valence-corrected chi connectivity index (χ3v) is 12.8. The van der Waals surface area contributed by atoms with Crippen LogP contribution in [0.15, 0.2) is 21.9 Å². The molecule has 46 heavy (non-hydrogen) atoms. The summed E-state index contributed by atoms with van der Waals surface area (Å²) in [6.45, 7) is 10.6. The van der Waals surface area contributed by atoms with Gasteiger partial charge in [0, 0.05) is 21.8 Å². The minimum Gasteiger partial charge on any atom is -0.478 e. The molecule has 1 rings (SSSR count). The van der Waals surface area contributed by atoms with Gasteiger partial charge in [-0.05, 0) is 25.0 Å². The van der Waals surface area contributed by atoms with E-state index in [0.717, 1.165) is 16.4 Å². The van der Waals surface area contributed by atoms with Gasteiger partial charge in [0.1, 0.15) is 12.6 Å². The Bertz CT molecular complexity index is 1050. The zero-order valence-electron chi connectivity index (χ0n) is 28.9. The third-order valence-electron chi connectivity index (χ3n) is 7.68. The molecule has 0 bridgehead atoms. The Kier molecular flexibility index (Phi) is 26.2. The molecule has 0 spiro atoms. The Labute approximate surface area is 308 Å². The van der Waals surface area contributed by atoms with Crippen molar-refractivity contribution in [1.82, 2.24) is 0 Å². The molecule has 0 aliphatic rings. The molecule has 0 fully saturated rings. The lowest BCUT2D eigenvalue weighted by Gasteiger charge is -2.17. The van der Waals surface area contributed by atoms with Crippen LogP contribution in [0.4, 0.5) is 0 Å². The molecule has 4 nitrogen and oxygen atoms in total. The van der Waals surface area contributed by atoms with E-state index in [-0.39, 0.29) is 17.7 Å². The van der Waals surface area contributed by atoms with Gasteiger partial charge in [0.15, 0.2) is 5.75 Å². The van der Waals surface area contributed by atoms with Crippen LogP contribution in [-0.2, 0) is 4.79 Å². The van der Waals surface area contributed by atoms with E-state index in [0.29, 0.717) is 23.8 Å². The van der Waals surface area contributed by atoms with Gasteiger partial charge in [0.25, 0.3) is 0 Å². The normalized spacial score (nSPS) is 12.5. The summed E-state index contributed by atoms with van der Waals surface area (Å²) in [5.41, 5.74) is -0.0473. The molecule has 2 unspecified atom stereocenters. The SMILES string of the molecule is CCCCCCCCCCC(C)SC(=S)Sc1cc(SC(=S)SC(C)CCCCCCCCCC)c(OC(=O)CC)c(C(=O)O)c1. The second-order valence-corrected chi connectivity index (χ2v) is 19.4. The maximum atomic E-state index is 12.3. The summed E-state index contributed by atoms with van der Waals surface area (Å²) in [6.07, 6.45) is 23.0. The largest absolute Gasteiger partial charge is 0.478 e. The van der Waals surface area contributed by atoms with Crippen LogP contribution in [0.25, 0.3) is 0 Å². The van der Waals surface area contributed by atoms with E-state index < -0.39 is 11.9 Å². The molecule has 2 atom stereocenters. The number of hydrogen-bond donors (Lipinski definition) is 1. The van der Waals surface area contributed by atoms with E-state index in [9.17, 15) is 14.7 Å². The fraction of sp³-hybridized carbons (Fsp3) is 0.722. The highest BCUT2D eigenvalue weighted by Gasteiger charge is 2.23. The first-order valence-electron chi connectivity index (χ1n) is 17.5.